The molecular weight excluding hydrogens is 278 g/mol. The zero-order chi connectivity index (χ0) is 15.3. The molecule has 0 amide bonds. The standard InChI is InChI=1S/C15H24ClNO3/c1-15(2,3)20-10-12(18)9-17(4)11-6-7-14(19-5)13(16)8-11/h6-8,12,18H,9-10H2,1-5H3. The monoisotopic (exact) mass is 301 g/mol. The lowest BCUT2D eigenvalue weighted by molar-refractivity contribution is -0.0461. The molecule has 0 fully saturated rings. The highest BCUT2D eigenvalue weighted by Gasteiger charge is 2.15. The maximum atomic E-state index is 9.99. The fraction of sp³-hybridized carbons (Fsp3) is 0.600. The molecule has 0 aliphatic rings. The zero-order valence-electron chi connectivity index (χ0n) is 12.8. The molecule has 0 spiro atoms. The van der Waals surface area contributed by atoms with Crippen molar-refractivity contribution in [2.75, 3.05) is 32.2 Å². The van der Waals surface area contributed by atoms with E-state index >= 15 is 0 Å². The second kappa shape index (κ2) is 7.16. The average Bonchev–Trinajstić information content (AvgIpc) is 2.35. The highest BCUT2D eigenvalue weighted by molar-refractivity contribution is 6.32. The Kier molecular flexibility index (Phi) is 6.11. The quantitative estimate of drug-likeness (QED) is 0.877. The second-order valence-electron chi connectivity index (χ2n) is 5.78. The summed E-state index contributed by atoms with van der Waals surface area (Å²) in [6.07, 6.45) is -0.555. The summed E-state index contributed by atoms with van der Waals surface area (Å²) in [5.74, 6) is 0.639. The van der Waals surface area contributed by atoms with Crippen molar-refractivity contribution in [1.82, 2.24) is 0 Å². The lowest BCUT2D eigenvalue weighted by atomic mass is 10.2. The number of anilines is 1. The predicted octanol–water partition coefficient (Wildman–Crippen LogP) is 2.96. The molecule has 0 aromatic heterocycles. The topological polar surface area (TPSA) is 41.9 Å². The van der Waals surface area contributed by atoms with E-state index in [1.54, 1.807) is 7.11 Å². The summed E-state index contributed by atoms with van der Waals surface area (Å²) >= 11 is 6.09. The summed E-state index contributed by atoms with van der Waals surface area (Å²) in [5, 5.41) is 10.5. The van der Waals surface area contributed by atoms with Crippen LogP contribution in [-0.4, -0.2) is 44.1 Å². The van der Waals surface area contributed by atoms with Gasteiger partial charge < -0.3 is 19.5 Å². The molecule has 0 radical (unpaired) electrons. The van der Waals surface area contributed by atoms with Crippen LogP contribution in [0.15, 0.2) is 18.2 Å². The van der Waals surface area contributed by atoms with Crippen molar-refractivity contribution in [1.29, 1.82) is 0 Å². The smallest absolute Gasteiger partial charge is 0.137 e. The lowest BCUT2D eigenvalue weighted by Gasteiger charge is -2.26. The Balaban J connectivity index is 2.57. The normalized spacial score (nSPS) is 13.2. The molecule has 0 heterocycles. The third-order valence-electron chi connectivity index (χ3n) is 2.77. The van der Waals surface area contributed by atoms with E-state index in [0.717, 1.165) is 5.69 Å². The second-order valence-corrected chi connectivity index (χ2v) is 6.18. The zero-order valence-corrected chi connectivity index (χ0v) is 13.6. The molecule has 20 heavy (non-hydrogen) atoms. The van der Waals surface area contributed by atoms with Crippen LogP contribution in [0.3, 0.4) is 0 Å². The first-order valence-electron chi connectivity index (χ1n) is 6.59. The van der Waals surface area contributed by atoms with Crippen molar-refractivity contribution in [2.45, 2.75) is 32.5 Å². The molecule has 0 saturated carbocycles. The summed E-state index contributed by atoms with van der Waals surface area (Å²) in [4.78, 5) is 1.93. The van der Waals surface area contributed by atoms with Gasteiger partial charge in [0.1, 0.15) is 5.75 Å². The number of hydrogen-bond donors (Lipinski definition) is 1. The average molecular weight is 302 g/mol. The summed E-state index contributed by atoms with van der Waals surface area (Å²) in [5.41, 5.74) is 0.675. The van der Waals surface area contributed by atoms with E-state index in [1.807, 2.05) is 50.9 Å². The summed E-state index contributed by atoms with van der Waals surface area (Å²) < 4.78 is 10.7. The van der Waals surface area contributed by atoms with Gasteiger partial charge >= 0.3 is 0 Å². The van der Waals surface area contributed by atoms with E-state index < -0.39 is 6.10 Å². The van der Waals surface area contributed by atoms with Crippen LogP contribution in [0.2, 0.25) is 5.02 Å². The fourth-order valence-corrected chi connectivity index (χ4v) is 1.97. The minimum atomic E-state index is -0.555. The number of halogens is 1. The molecule has 1 atom stereocenters. The van der Waals surface area contributed by atoms with E-state index in [4.69, 9.17) is 21.1 Å². The number of rotatable bonds is 6. The Morgan fingerprint density at radius 3 is 2.50 bits per heavy atom. The molecule has 114 valence electrons. The third-order valence-corrected chi connectivity index (χ3v) is 3.06. The molecule has 1 rings (SSSR count). The van der Waals surface area contributed by atoms with Crippen molar-refractivity contribution < 1.29 is 14.6 Å². The van der Waals surface area contributed by atoms with Gasteiger partial charge in [0.15, 0.2) is 0 Å². The van der Waals surface area contributed by atoms with Crippen LogP contribution in [0.25, 0.3) is 0 Å². The van der Waals surface area contributed by atoms with Gasteiger partial charge in [-0.2, -0.15) is 0 Å². The van der Waals surface area contributed by atoms with Crippen molar-refractivity contribution >= 4 is 17.3 Å². The van der Waals surface area contributed by atoms with E-state index in [0.29, 0.717) is 23.9 Å². The van der Waals surface area contributed by atoms with E-state index in [-0.39, 0.29) is 5.60 Å². The summed E-state index contributed by atoms with van der Waals surface area (Å²) in [7, 11) is 3.48. The van der Waals surface area contributed by atoms with Gasteiger partial charge in [0.2, 0.25) is 0 Å². The molecule has 5 heteroatoms. The molecule has 1 N–H and O–H groups in total. The van der Waals surface area contributed by atoms with Gasteiger partial charge in [-0.1, -0.05) is 11.6 Å². The van der Waals surface area contributed by atoms with Gasteiger partial charge in [-0.15, -0.1) is 0 Å². The Labute approximate surface area is 126 Å². The molecule has 0 aliphatic carbocycles. The number of benzene rings is 1. The van der Waals surface area contributed by atoms with E-state index in [2.05, 4.69) is 0 Å². The molecule has 4 nitrogen and oxygen atoms in total. The Morgan fingerprint density at radius 1 is 1.35 bits per heavy atom. The number of nitrogens with zero attached hydrogens (tertiary/aromatic N) is 1. The molecule has 1 unspecified atom stereocenters. The van der Waals surface area contributed by atoms with Gasteiger partial charge in [-0.25, -0.2) is 0 Å². The number of likely N-dealkylation sites (N-methyl/N-ethyl adjacent to an activating group) is 1. The van der Waals surface area contributed by atoms with E-state index in [9.17, 15) is 5.11 Å². The molecule has 1 aromatic rings. The van der Waals surface area contributed by atoms with Crippen LogP contribution in [0.4, 0.5) is 5.69 Å². The van der Waals surface area contributed by atoms with Crippen molar-refractivity contribution in [3.8, 4) is 5.75 Å². The van der Waals surface area contributed by atoms with E-state index in [1.165, 1.54) is 0 Å². The molecule has 0 bridgehead atoms. The Hall–Kier alpha value is -0.970. The van der Waals surface area contributed by atoms with Gasteiger partial charge in [0.05, 0.1) is 30.4 Å². The summed E-state index contributed by atoms with van der Waals surface area (Å²) in [6.45, 7) is 6.67. The van der Waals surface area contributed by atoms with Crippen LogP contribution in [0.5, 0.6) is 5.75 Å². The first-order valence-corrected chi connectivity index (χ1v) is 6.97. The van der Waals surface area contributed by atoms with Crippen molar-refractivity contribution in [3.63, 3.8) is 0 Å². The number of aliphatic hydroxyl groups is 1. The van der Waals surface area contributed by atoms with Gasteiger partial charge in [-0.05, 0) is 39.0 Å². The van der Waals surface area contributed by atoms with Crippen molar-refractivity contribution in [2.24, 2.45) is 0 Å². The minimum Gasteiger partial charge on any atom is -0.495 e. The first-order chi connectivity index (χ1) is 9.23. The van der Waals surface area contributed by atoms with Crippen LogP contribution in [0, 0.1) is 0 Å². The fourth-order valence-electron chi connectivity index (χ4n) is 1.71. The highest BCUT2D eigenvalue weighted by atomic mass is 35.5. The first kappa shape index (κ1) is 17.1. The van der Waals surface area contributed by atoms with Crippen molar-refractivity contribution in [3.05, 3.63) is 23.2 Å². The summed E-state index contributed by atoms with van der Waals surface area (Å²) in [6, 6.07) is 5.53. The maximum absolute atomic E-state index is 9.99. The number of methoxy groups -OCH3 is 1. The van der Waals surface area contributed by atoms with Crippen LogP contribution < -0.4 is 9.64 Å². The number of ether oxygens (including phenoxy) is 2. The van der Waals surface area contributed by atoms with Crippen LogP contribution in [-0.2, 0) is 4.74 Å². The molecule has 0 aliphatic heterocycles. The largest absolute Gasteiger partial charge is 0.495 e. The van der Waals surface area contributed by atoms with Crippen LogP contribution in [0.1, 0.15) is 20.8 Å². The number of aliphatic hydroxyl groups excluding tert-OH is 1. The Morgan fingerprint density at radius 2 is 2.00 bits per heavy atom. The van der Waals surface area contributed by atoms with Gasteiger partial charge in [0.25, 0.3) is 0 Å². The predicted molar refractivity (Wildman–Crippen MR) is 83.0 cm³/mol. The molecule has 1 aromatic carbocycles. The van der Waals surface area contributed by atoms with Gasteiger partial charge in [-0.3, -0.25) is 0 Å². The third kappa shape index (κ3) is 5.57. The van der Waals surface area contributed by atoms with Gasteiger partial charge in [0, 0.05) is 19.3 Å². The maximum Gasteiger partial charge on any atom is 0.137 e. The minimum absolute atomic E-state index is 0.247. The molecule has 0 saturated heterocycles. The molecular formula is C15H24ClNO3. The Bertz CT molecular complexity index is 432. The van der Waals surface area contributed by atoms with Crippen LogP contribution >= 0.6 is 11.6 Å². The lowest BCUT2D eigenvalue weighted by Crippen LogP contribution is -2.34. The SMILES string of the molecule is COc1ccc(N(C)CC(O)COC(C)(C)C)cc1Cl. The number of hydrogen-bond acceptors (Lipinski definition) is 4. The highest BCUT2D eigenvalue weighted by Crippen LogP contribution is 2.28.